The van der Waals surface area contributed by atoms with E-state index in [9.17, 15) is 14.4 Å². The van der Waals surface area contributed by atoms with Gasteiger partial charge in [-0.1, -0.05) is 18.2 Å². The van der Waals surface area contributed by atoms with E-state index in [1.165, 1.54) is 4.90 Å². The molecular formula is C16H21NO5. The van der Waals surface area contributed by atoms with Gasteiger partial charge in [0.2, 0.25) is 5.91 Å². The third kappa shape index (κ3) is 5.95. The Morgan fingerprint density at radius 3 is 2.14 bits per heavy atom. The summed E-state index contributed by atoms with van der Waals surface area (Å²) >= 11 is 0. The van der Waals surface area contributed by atoms with E-state index >= 15 is 0 Å². The Bertz CT molecular complexity index is 501. The highest BCUT2D eigenvalue weighted by Gasteiger charge is 2.20. The molecule has 0 unspecified atom stereocenters. The molecule has 0 spiro atoms. The molecule has 1 amide bonds. The van der Waals surface area contributed by atoms with E-state index in [0.717, 1.165) is 0 Å². The fraction of sp³-hybridized carbons (Fsp3) is 0.438. The first-order valence-corrected chi connectivity index (χ1v) is 7.25. The summed E-state index contributed by atoms with van der Waals surface area (Å²) in [4.78, 5) is 36.6. The van der Waals surface area contributed by atoms with Gasteiger partial charge in [0.05, 0.1) is 19.6 Å². The molecule has 0 heterocycles. The average Bonchev–Trinajstić information content (AvgIpc) is 2.49. The Hall–Kier alpha value is -2.37. The van der Waals surface area contributed by atoms with Gasteiger partial charge in [-0.2, -0.15) is 0 Å². The van der Waals surface area contributed by atoms with Crippen LogP contribution in [0.1, 0.15) is 26.7 Å². The minimum Gasteiger partial charge on any atom is -0.466 e. The van der Waals surface area contributed by atoms with Crippen molar-refractivity contribution in [3.63, 3.8) is 0 Å². The van der Waals surface area contributed by atoms with Gasteiger partial charge < -0.3 is 14.4 Å². The summed E-state index contributed by atoms with van der Waals surface area (Å²) < 4.78 is 9.64. The lowest BCUT2D eigenvalue weighted by molar-refractivity contribution is -0.145. The molecule has 0 aliphatic heterocycles. The zero-order chi connectivity index (χ0) is 16.4. The topological polar surface area (TPSA) is 72.9 Å². The van der Waals surface area contributed by atoms with Crippen LogP contribution in [-0.4, -0.2) is 37.6 Å². The fourth-order valence-electron chi connectivity index (χ4n) is 1.87. The molecule has 0 fully saturated rings. The van der Waals surface area contributed by atoms with Crippen molar-refractivity contribution in [2.24, 2.45) is 0 Å². The summed E-state index contributed by atoms with van der Waals surface area (Å²) in [5, 5.41) is 0. The molecular weight excluding hydrogens is 286 g/mol. The number of carbonyl (C=O) groups is 3. The lowest BCUT2D eigenvalue weighted by Gasteiger charge is -2.22. The number of hydrogen-bond acceptors (Lipinski definition) is 5. The number of rotatable bonds is 8. The van der Waals surface area contributed by atoms with E-state index in [1.807, 2.05) is 6.07 Å². The molecule has 0 aromatic heterocycles. The number of ether oxygens (including phenoxy) is 2. The second kappa shape index (κ2) is 9.55. The van der Waals surface area contributed by atoms with Crippen molar-refractivity contribution >= 4 is 23.5 Å². The third-order valence-electron chi connectivity index (χ3n) is 2.81. The molecule has 1 aromatic rings. The number of para-hydroxylation sites is 1. The molecule has 0 saturated carbocycles. The quantitative estimate of drug-likeness (QED) is 0.542. The SMILES string of the molecule is CCOC(=O)CCN(C(=O)CC(=O)OCC)c1ccccc1. The van der Waals surface area contributed by atoms with Crippen LogP contribution in [0.4, 0.5) is 5.69 Å². The maximum Gasteiger partial charge on any atom is 0.315 e. The van der Waals surface area contributed by atoms with Gasteiger partial charge >= 0.3 is 11.9 Å². The molecule has 1 rings (SSSR count). The fourth-order valence-corrected chi connectivity index (χ4v) is 1.87. The summed E-state index contributed by atoms with van der Waals surface area (Å²) in [7, 11) is 0. The lowest BCUT2D eigenvalue weighted by Crippen LogP contribution is -2.35. The van der Waals surface area contributed by atoms with Gasteiger partial charge in [0.1, 0.15) is 6.42 Å². The Labute approximate surface area is 130 Å². The van der Waals surface area contributed by atoms with Crippen LogP contribution in [0.15, 0.2) is 30.3 Å². The molecule has 0 saturated heterocycles. The predicted octanol–water partition coefficient (Wildman–Crippen LogP) is 1.93. The number of carbonyl (C=O) groups excluding carboxylic acids is 3. The van der Waals surface area contributed by atoms with Gasteiger partial charge in [-0.05, 0) is 26.0 Å². The van der Waals surface area contributed by atoms with Crippen LogP contribution in [-0.2, 0) is 23.9 Å². The van der Waals surface area contributed by atoms with Gasteiger partial charge in [0.15, 0.2) is 0 Å². The zero-order valence-electron chi connectivity index (χ0n) is 12.9. The zero-order valence-corrected chi connectivity index (χ0v) is 12.9. The van der Waals surface area contributed by atoms with E-state index in [-0.39, 0.29) is 32.0 Å². The predicted molar refractivity (Wildman–Crippen MR) is 81.3 cm³/mol. The second-order valence-electron chi connectivity index (χ2n) is 4.42. The van der Waals surface area contributed by atoms with Crippen molar-refractivity contribution < 1.29 is 23.9 Å². The highest BCUT2D eigenvalue weighted by atomic mass is 16.5. The highest BCUT2D eigenvalue weighted by Crippen LogP contribution is 2.15. The smallest absolute Gasteiger partial charge is 0.315 e. The molecule has 1 aromatic carbocycles. The van der Waals surface area contributed by atoms with Crippen LogP contribution in [0.2, 0.25) is 0 Å². The second-order valence-corrected chi connectivity index (χ2v) is 4.42. The maximum absolute atomic E-state index is 12.3. The molecule has 0 bridgehead atoms. The van der Waals surface area contributed by atoms with Crippen molar-refractivity contribution in [3.8, 4) is 0 Å². The molecule has 0 N–H and O–H groups in total. The minimum absolute atomic E-state index is 0.0668. The van der Waals surface area contributed by atoms with E-state index < -0.39 is 11.9 Å². The van der Waals surface area contributed by atoms with Crippen LogP contribution in [0.25, 0.3) is 0 Å². The molecule has 0 aliphatic rings. The Kier molecular flexibility index (Phi) is 7.67. The van der Waals surface area contributed by atoms with Crippen LogP contribution in [0, 0.1) is 0 Å². The average molecular weight is 307 g/mol. The maximum atomic E-state index is 12.3. The number of hydrogen-bond donors (Lipinski definition) is 0. The summed E-state index contributed by atoms with van der Waals surface area (Å²) in [6.07, 6.45) is -0.289. The first kappa shape index (κ1) is 17.7. The summed E-state index contributed by atoms with van der Waals surface area (Å²) in [6, 6.07) is 8.87. The van der Waals surface area contributed by atoms with Crippen molar-refractivity contribution in [2.75, 3.05) is 24.7 Å². The number of amides is 1. The number of esters is 2. The van der Waals surface area contributed by atoms with E-state index in [2.05, 4.69) is 0 Å². The summed E-state index contributed by atoms with van der Waals surface area (Å²) in [5.74, 6) is -1.37. The molecule has 22 heavy (non-hydrogen) atoms. The lowest BCUT2D eigenvalue weighted by atomic mass is 10.2. The van der Waals surface area contributed by atoms with Gasteiger partial charge in [-0.3, -0.25) is 14.4 Å². The number of nitrogens with zero attached hydrogens (tertiary/aromatic N) is 1. The molecule has 6 heteroatoms. The molecule has 0 aliphatic carbocycles. The Balaban J connectivity index is 2.76. The van der Waals surface area contributed by atoms with Gasteiger partial charge in [0.25, 0.3) is 0 Å². The van der Waals surface area contributed by atoms with Crippen molar-refractivity contribution in [1.29, 1.82) is 0 Å². The standard InChI is InChI=1S/C16H21NO5/c1-3-21-15(19)10-11-17(13-8-6-5-7-9-13)14(18)12-16(20)22-4-2/h5-9H,3-4,10-12H2,1-2H3. The van der Waals surface area contributed by atoms with Crippen LogP contribution in [0.5, 0.6) is 0 Å². The minimum atomic E-state index is -0.579. The first-order chi connectivity index (χ1) is 10.6. The van der Waals surface area contributed by atoms with E-state index in [1.54, 1.807) is 38.1 Å². The van der Waals surface area contributed by atoms with Gasteiger partial charge in [0, 0.05) is 12.2 Å². The summed E-state index contributed by atoms with van der Waals surface area (Å²) in [6.45, 7) is 4.07. The van der Waals surface area contributed by atoms with Crippen LogP contribution < -0.4 is 4.90 Å². The first-order valence-electron chi connectivity index (χ1n) is 7.25. The monoisotopic (exact) mass is 307 g/mol. The van der Waals surface area contributed by atoms with Crippen molar-refractivity contribution in [1.82, 2.24) is 0 Å². The largest absolute Gasteiger partial charge is 0.466 e. The van der Waals surface area contributed by atoms with Crippen LogP contribution >= 0.6 is 0 Å². The molecule has 120 valence electrons. The highest BCUT2D eigenvalue weighted by molar-refractivity contribution is 6.03. The molecule has 0 atom stereocenters. The van der Waals surface area contributed by atoms with Crippen molar-refractivity contribution in [2.45, 2.75) is 26.7 Å². The Morgan fingerprint density at radius 1 is 0.955 bits per heavy atom. The van der Waals surface area contributed by atoms with Gasteiger partial charge in [-0.25, -0.2) is 0 Å². The van der Waals surface area contributed by atoms with Crippen molar-refractivity contribution in [3.05, 3.63) is 30.3 Å². The van der Waals surface area contributed by atoms with E-state index in [0.29, 0.717) is 12.3 Å². The number of anilines is 1. The third-order valence-corrected chi connectivity index (χ3v) is 2.81. The van der Waals surface area contributed by atoms with E-state index in [4.69, 9.17) is 9.47 Å². The normalized spacial score (nSPS) is 9.91. The molecule has 6 nitrogen and oxygen atoms in total. The number of benzene rings is 1. The van der Waals surface area contributed by atoms with Gasteiger partial charge in [-0.15, -0.1) is 0 Å². The summed E-state index contributed by atoms with van der Waals surface area (Å²) in [5.41, 5.74) is 0.626. The Morgan fingerprint density at radius 2 is 1.55 bits per heavy atom. The van der Waals surface area contributed by atoms with Crippen LogP contribution in [0.3, 0.4) is 0 Å². The molecule has 0 radical (unpaired) electrons.